The first-order valence-corrected chi connectivity index (χ1v) is 10.9. The summed E-state index contributed by atoms with van der Waals surface area (Å²) in [5.41, 5.74) is 2.10. The molecule has 0 spiro atoms. The Bertz CT molecular complexity index is 1050. The van der Waals surface area contributed by atoms with E-state index in [2.05, 4.69) is 26.5 Å². The summed E-state index contributed by atoms with van der Waals surface area (Å²) in [5.74, 6) is 0.865. The van der Waals surface area contributed by atoms with Crippen LogP contribution in [0.2, 0.25) is 0 Å². The quantitative estimate of drug-likeness (QED) is 0.612. The first-order valence-electron chi connectivity index (χ1n) is 9.93. The molecule has 1 aliphatic rings. The van der Waals surface area contributed by atoms with Crippen LogP contribution in [-0.2, 0) is 4.79 Å². The van der Waals surface area contributed by atoms with Crippen molar-refractivity contribution in [3.63, 3.8) is 0 Å². The van der Waals surface area contributed by atoms with Crippen LogP contribution >= 0.6 is 11.8 Å². The van der Waals surface area contributed by atoms with Crippen LogP contribution in [0.1, 0.15) is 24.8 Å². The highest BCUT2D eigenvalue weighted by Gasteiger charge is 2.22. The van der Waals surface area contributed by atoms with Gasteiger partial charge in [-0.3, -0.25) is 9.36 Å². The van der Waals surface area contributed by atoms with Crippen molar-refractivity contribution < 1.29 is 4.79 Å². The Hall–Kier alpha value is -3.31. The van der Waals surface area contributed by atoms with Crippen LogP contribution in [0, 0.1) is 11.3 Å². The van der Waals surface area contributed by atoms with Crippen molar-refractivity contribution in [3.05, 3.63) is 60.2 Å². The number of aromatic nitrogens is 3. The van der Waals surface area contributed by atoms with E-state index in [9.17, 15) is 4.79 Å². The maximum absolute atomic E-state index is 12.5. The van der Waals surface area contributed by atoms with Crippen molar-refractivity contribution >= 4 is 29.3 Å². The molecule has 0 aliphatic carbocycles. The van der Waals surface area contributed by atoms with Gasteiger partial charge in [-0.05, 0) is 49.6 Å². The summed E-state index contributed by atoms with van der Waals surface area (Å²) in [7, 11) is 0. The molecule has 3 aromatic rings. The Morgan fingerprint density at radius 2 is 1.87 bits per heavy atom. The van der Waals surface area contributed by atoms with E-state index in [1.807, 2.05) is 34.9 Å². The number of nitriles is 1. The number of benzene rings is 2. The molecule has 152 valence electrons. The van der Waals surface area contributed by atoms with E-state index in [1.54, 1.807) is 24.3 Å². The summed E-state index contributed by atoms with van der Waals surface area (Å²) in [6.45, 7) is 1.93. The summed E-state index contributed by atoms with van der Waals surface area (Å²) < 4.78 is 2.03. The molecule has 2 heterocycles. The normalized spacial score (nSPS) is 13.6. The van der Waals surface area contributed by atoms with Gasteiger partial charge < -0.3 is 10.2 Å². The maximum Gasteiger partial charge on any atom is 0.234 e. The Morgan fingerprint density at radius 3 is 2.63 bits per heavy atom. The molecule has 4 rings (SSSR count). The molecule has 2 aromatic carbocycles. The lowest BCUT2D eigenvalue weighted by Crippen LogP contribution is -2.31. The molecule has 1 amide bonds. The van der Waals surface area contributed by atoms with E-state index in [-0.39, 0.29) is 11.7 Å². The molecule has 30 heavy (non-hydrogen) atoms. The predicted molar refractivity (Wildman–Crippen MR) is 118 cm³/mol. The highest BCUT2D eigenvalue weighted by molar-refractivity contribution is 7.99. The molecule has 1 N–H and O–H groups in total. The fourth-order valence-corrected chi connectivity index (χ4v) is 4.20. The molecular formula is C22H22N6OS. The number of carbonyl (C=O) groups is 1. The van der Waals surface area contributed by atoms with E-state index in [0.29, 0.717) is 16.4 Å². The largest absolute Gasteiger partial charge is 0.341 e. The molecule has 0 radical (unpaired) electrons. The van der Waals surface area contributed by atoms with Crippen LogP contribution in [0.15, 0.2) is 59.8 Å². The third-order valence-corrected chi connectivity index (χ3v) is 5.81. The second kappa shape index (κ2) is 9.46. The van der Waals surface area contributed by atoms with Gasteiger partial charge in [-0.1, -0.05) is 36.0 Å². The smallest absolute Gasteiger partial charge is 0.234 e. The lowest BCUT2D eigenvalue weighted by atomic mass is 10.1. The molecule has 0 saturated carbocycles. The van der Waals surface area contributed by atoms with E-state index in [4.69, 9.17) is 5.26 Å². The zero-order chi connectivity index (χ0) is 20.8. The van der Waals surface area contributed by atoms with Crippen molar-refractivity contribution in [1.82, 2.24) is 14.8 Å². The van der Waals surface area contributed by atoms with E-state index in [0.717, 1.165) is 37.6 Å². The number of amides is 1. The van der Waals surface area contributed by atoms with E-state index in [1.165, 1.54) is 18.2 Å². The van der Waals surface area contributed by atoms with Gasteiger partial charge in [0.1, 0.15) is 0 Å². The molecule has 0 bridgehead atoms. The number of piperidine rings is 1. The standard InChI is InChI=1S/C22H22N6OS/c23-15-17-8-7-9-18(14-17)24-20(29)16-30-22-26-25-21(27-12-5-2-6-13-27)28(22)19-10-3-1-4-11-19/h1,3-4,7-11,14H,2,5-6,12-13,16H2,(H,24,29). The van der Waals surface area contributed by atoms with Gasteiger partial charge >= 0.3 is 0 Å². The number of thioether (sulfide) groups is 1. The van der Waals surface area contributed by atoms with Gasteiger partial charge in [0, 0.05) is 18.8 Å². The van der Waals surface area contributed by atoms with Crippen molar-refractivity contribution in [1.29, 1.82) is 5.26 Å². The number of rotatable bonds is 6. The Labute approximate surface area is 179 Å². The Balaban J connectivity index is 1.51. The average molecular weight is 419 g/mol. The first-order chi connectivity index (χ1) is 14.7. The van der Waals surface area contributed by atoms with Gasteiger partial charge in [0.05, 0.1) is 23.1 Å². The molecule has 1 aliphatic heterocycles. The van der Waals surface area contributed by atoms with Gasteiger partial charge in [-0.2, -0.15) is 5.26 Å². The summed E-state index contributed by atoms with van der Waals surface area (Å²) in [6, 6.07) is 18.9. The minimum Gasteiger partial charge on any atom is -0.341 e. The minimum absolute atomic E-state index is 0.155. The molecule has 1 fully saturated rings. The number of nitrogens with one attached hydrogen (secondary N) is 1. The van der Waals surface area contributed by atoms with Crippen molar-refractivity contribution in [2.75, 3.05) is 29.1 Å². The monoisotopic (exact) mass is 418 g/mol. The molecule has 8 heteroatoms. The van der Waals surface area contributed by atoms with Crippen molar-refractivity contribution in [2.45, 2.75) is 24.4 Å². The minimum atomic E-state index is -0.155. The van der Waals surface area contributed by atoms with E-state index < -0.39 is 0 Å². The molecule has 0 unspecified atom stereocenters. The summed E-state index contributed by atoms with van der Waals surface area (Å²) >= 11 is 1.35. The van der Waals surface area contributed by atoms with Crippen LogP contribution in [0.25, 0.3) is 5.69 Å². The lowest BCUT2D eigenvalue weighted by molar-refractivity contribution is -0.113. The average Bonchev–Trinajstić information content (AvgIpc) is 3.23. The van der Waals surface area contributed by atoms with Gasteiger partial charge in [0.15, 0.2) is 5.16 Å². The number of hydrogen-bond acceptors (Lipinski definition) is 6. The molecular weight excluding hydrogens is 396 g/mol. The Morgan fingerprint density at radius 1 is 1.07 bits per heavy atom. The third kappa shape index (κ3) is 4.63. The fourth-order valence-electron chi connectivity index (χ4n) is 3.45. The Kier molecular flexibility index (Phi) is 6.30. The van der Waals surface area contributed by atoms with Crippen LogP contribution in [0.5, 0.6) is 0 Å². The lowest BCUT2D eigenvalue weighted by Gasteiger charge is -2.27. The van der Waals surface area contributed by atoms with Crippen molar-refractivity contribution in [2.24, 2.45) is 0 Å². The number of anilines is 2. The predicted octanol–water partition coefficient (Wildman–Crippen LogP) is 3.86. The van der Waals surface area contributed by atoms with Crippen LogP contribution in [0.3, 0.4) is 0 Å². The van der Waals surface area contributed by atoms with Gasteiger partial charge in [-0.15, -0.1) is 10.2 Å². The van der Waals surface area contributed by atoms with Gasteiger partial charge in [0.2, 0.25) is 11.9 Å². The summed E-state index contributed by atoms with van der Waals surface area (Å²) in [6.07, 6.45) is 3.54. The summed E-state index contributed by atoms with van der Waals surface area (Å²) in [4.78, 5) is 14.7. The number of carbonyl (C=O) groups excluding carboxylic acids is 1. The molecule has 1 saturated heterocycles. The molecule has 0 atom stereocenters. The van der Waals surface area contributed by atoms with Crippen LogP contribution in [-0.4, -0.2) is 39.5 Å². The number of nitrogens with zero attached hydrogens (tertiary/aromatic N) is 5. The number of para-hydroxylation sites is 1. The van der Waals surface area contributed by atoms with E-state index >= 15 is 0 Å². The third-order valence-electron chi connectivity index (χ3n) is 4.88. The van der Waals surface area contributed by atoms with Gasteiger partial charge in [-0.25, -0.2) is 0 Å². The van der Waals surface area contributed by atoms with Crippen LogP contribution in [0.4, 0.5) is 11.6 Å². The molecule has 7 nitrogen and oxygen atoms in total. The highest BCUT2D eigenvalue weighted by Crippen LogP contribution is 2.28. The topological polar surface area (TPSA) is 86.8 Å². The zero-order valence-electron chi connectivity index (χ0n) is 16.5. The second-order valence-corrected chi connectivity index (χ2v) is 7.97. The zero-order valence-corrected chi connectivity index (χ0v) is 17.3. The van der Waals surface area contributed by atoms with Gasteiger partial charge in [0.25, 0.3) is 0 Å². The first kappa shape index (κ1) is 20.0. The molecule has 1 aromatic heterocycles. The highest BCUT2D eigenvalue weighted by atomic mass is 32.2. The maximum atomic E-state index is 12.5. The fraction of sp³-hybridized carbons (Fsp3) is 0.273. The summed E-state index contributed by atoms with van der Waals surface area (Å²) in [5, 5.41) is 21.4. The second-order valence-electron chi connectivity index (χ2n) is 7.03. The SMILES string of the molecule is N#Cc1cccc(NC(=O)CSc2nnc(N3CCCCC3)n2-c2ccccc2)c1. The number of hydrogen-bond donors (Lipinski definition) is 1. The van der Waals surface area contributed by atoms with Crippen molar-refractivity contribution in [3.8, 4) is 11.8 Å². The van der Waals surface area contributed by atoms with Crippen LogP contribution < -0.4 is 10.2 Å².